The maximum atomic E-state index is 6.14. The van der Waals surface area contributed by atoms with E-state index < -0.39 is 0 Å². The highest BCUT2D eigenvalue weighted by Crippen LogP contribution is 2.25. The maximum absolute atomic E-state index is 6.14. The van der Waals surface area contributed by atoms with Crippen LogP contribution in [0.15, 0.2) is 18.2 Å². The molecule has 2 atom stereocenters. The van der Waals surface area contributed by atoms with E-state index in [2.05, 4.69) is 18.7 Å². The Morgan fingerprint density at radius 3 is 2.65 bits per heavy atom. The number of morpholine rings is 1. The van der Waals surface area contributed by atoms with Crippen LogP contribution in [0.25, 0.3) is 0 Å². The number of benzene rings is 1. The minimum atomic E-state index is 0.325. The molecule has 20 heavy (non-hydrogen) atoms. The fourth-order valence-corrected chi connectivity index (χ4v) is 2.95. The highest BCUT2D eigenvalue weighted by Gasteiger charge is 2.21. The Balaban J connectivity index is 1.71. The van der Waals surface area contributed by atoms with Crippen LogP contribution in [0, 0.1) is 6.92 Å². The predicted molar refractivity (Wildman–Crippen MR) is 82.8 cm³/mol. The molecule has 112 valence electrons. The molecule has 0 aliphatic carbocycles. The van der Waals surface area contributed by atoms with Crippen molar-refractivity contribution in [2.75, 3.05) is 26.2 Å². The highest BCUT2D eigenvalue weighted by molar-refractivity contribution is 6.32. The van der Waals surface area contributed by atoms with Gasteiger partial charge in [-0.3, -0.25) is 4.90 Å². The van der Waals surface area contributed by atoms with Crippen LogP contribution in [0.4, 0.5) is 0 Å². The van der Waals surface area contributed by atoms with Crippen LogP contribution in [-0.4, -0.2) is 43.3 Å². The number of nitrogens with zero attached hydrogens (tertiary/aromatic N) is 1. The van der Waals surface area contributed by atoms with Gasteiger partial charge in [-0.15, -0.1) is 0 Å². The first-order valence-corrected chi connectivity index (χ1v) is 7.69. The third-order valence-electron chi connectivity index (χ3n) is 3.46. The lowest BCUT2D eigenvalue weighted by Gasteiger charge is -2.35. The Hall–Kier alpha value is -0.770. The summed E-state index contributed by atoms with van der Waals surface area (Å²) < 4.78 is 11.5. The molecule has 1 aromatic rings. The summed E-state index contributed by atoms with van der Waals surface area (Å²) in [6.07, 6.45) is 1.65. The van der Waals surface area contributed by atoms with Gasteiger partial charge < -0.3 is 9.47 Å². The predicted octanol–water partition coefficient (Wildman–Crippen LogP) is 3.53. The number of ether oxygens (including phenoxy) is 2. The van der Waals surface area contributed by atoms with Crippen LogP contribution in [0.1, 0.15) is 25.8 Å². The molecule has 2 unspecified atom stereocenters. The largest absolute Gasteiger partial charge is 0.492 e. The molecule has 0 radical (unpaired) electrons. The first kappa shape index (κ1) is 15.6. The Morgan fingerprint density at radius 1 is 1.30 bits per heavy atom. The fraction of sp³-hybridized carbons (Fsp3) is 0.625. The summed E-state index contributed by atoms with van der Waals surface area (Å²) in [5.74, 6) is 0.779. The second-order valence-electron chi connectivity index (χ2n) is 5.65. The normalized spacial score (nSPS) is 23.8. The molecule has 0 saturated carbocycles. The summed E-state index contributed by atoms with van der Waals surface area (Å²) >= 11 is 6.14. The van der Waals surface area contributed by atoms with Crippen LogP contribution in [0.5, 0.6) is 5.75 Å². The first-order valence-electron chi connectivity index (χ1n) is 7.31. The Morgan fingerprint density at radius 2 is 2.00 bits per heavy atom. The lowest BCUT2D eigenvalue weighted by molar-refractivity contribution is -0.0686. The third-order valence-corrected chi connectivity index (χ3v) is 3.75. The van der Waals surface area contributed by atoms with Gasteiger partial charge in [-0.1, -0.05) is 17.7 Å². The molecule has 1 saturated heterocycles. The number of hydrogen-bond acceptors (Lipinski definition) is 3. The van der Waals surface area contributed by atoms with Gasteiger partial charge in [0, 0.05) is 19.6 Å². The molecule has 0 bridgehead atoms. The van der Waals surface area contributed by atoms with Crippen molar-refractivity contribution in [3.63, 3.8) is 0 Å². The SMILES string of the molecule is Cc1ccc(OCCCN2CC(C)OC(C)C2)c(Cl)c1. The summed E-state index contributed by atoms with van der Waals surface area (Å²) in [7, 11) is 0. The zero-order chi connectivity index (χ0) is 14.5. The van der Waals surface area contributed by atoms with Crippen molar-refractivity contribution in [2.45, 2.75) is 39.4 Å². The smallest absolute Gasteiger partial charge is 0.137 e. The summed E-state index contributed by atoms with van der Waals surface area (Å²) in [6, 6.07) is 5.89. The van der Waals surface area contributed by atoms with Gasteiger partial charge in [-0.25, -0.2) is 0 Å². The number of hydrogen-bond donors (Lipinski definition) is 0. The molecule has 1 aliphatic rings. The Bertz CT molecular complexity index is 428. The highest BCUT2D eigenvalue weighted by atomic mass is 35.5. The van der Waals surface area contributed by atoms with Crippen molar-refractivity contribution in [3.8, 4) is 5.75 Å². The first-order chi connectivity index (χ1) is 9.54. The van der Waals surface area contributed by atoms with Gasteiger partial charge in [-0.05, 0) is 44.9 Å². The van der Waals surface area contributed by atoms with Crippen molar-refractivity contribution >= 4 is 11.6 Å². The van der Waals surface area contributed by atoms with E-state index in [1.54, 1.807) is 0 Å². The minimum Gasteiger partial charge on any atom is -0.492 e. The van der Waals surface area contributed by atoms with Crippen LogP contribution < -0.4 is 4.74 Å². The molecule has 1 fully saturated rings. The van der Waals surface area contributed by atoms with Crippen LogP contribution in [-0.2, 0) is 4.74 Å². The zero-order valence-electron chi connectivity index (χ0n) is 12.6. The molecule has 0 aromatic heterocycles. The van der Waals surface area contributed by atoms with E-state index in [0.717, 1.165) is 37.4 Å². The molecule has 0 spiro atoms. The van der Waals surface area contributed by atoms with Gasteiger partial charge >= 0.3 is 0 Å². The lowest BCUT2D eigenvalue weighted by Crippen LogP contribution is -2.45. The number of aryl methyl sites for hydroxylation is 1. The van der Waals surface area contributed by atoms with E-state index in [0.29, 0.717) is 23.8 Å². The standard InChI is InChI=1S/C16H24ClNO2/c1-12-5-6-16(15(17)9-12)19-8-4-7-18-10-13(2)20-14(3)11-18/h5-6,9,13-14H,4,7-8,10-11H2,1-3H3. The second-order valence-corrected chi connectivity index (χ2v) is 6.06. The fourth-order valence-electron chi connectivity index (χ4n) is 2.66. The molecule has 0 N–H and O–H groups in total. The summed E-state index contributed by atoms with van der Waals surface area (Å²) in [5, 5.41) is 0.693. The summed E-state index contributed by atoms with van der Waals surface area (Å²) in [6.45, 7) is 10.0. The second kappa shape index (κ2) is 7.30. The van der Waals surface area contributed by atoms with E-state index in [-0.39, 0.29) is 0 Å². The quantitative estimate of drug-likeness (QED) is 0.776. The minimum absolute atomic E-state index is 0.325. The molecule has 3 nitrogen and oxygen atoms in total. The molecule has 1 heterocycles. The Labute approximate surface area is 126 Å². The monoisotopic (exact) mass is 297 g/mol. The van der Waals surface area contributed by atoms with Gasteiger partial charge in [-0.2, -0.15) is 0 Å². The zero-order valence-corrected chi connectivity index (χ0v) is 13.3. The molecular weight excluding hydrogens is 274 g/mol. The van der Waals surface area contributed by atoms with Gasteiger partial charge in [0.1, 0.15) is 5.75 Å². The molecule has 1 aromatic carbocycles. The van der Waals surface area contributed by atoms with Gasteiger partial charge in [0.25, 0.3) is 0 Å². The molecule has 2 rings (SSSR count). The average molecular weight is 298 g/mol. The third kappa shape index (κ3) is 4.65. The van der Waals surface area contributed by atoms with Crippen molar-refractivity contribution in [2.24, 2.45) is 0 Å². The number of halogens is 1. The summed E-state index contributed by atoms with van der Waals surface area (Å²) in [5.41, 5.74) is 1.15. The van der Waals surface area contributed by atoms with Crippen molar-refractivity contribution in [1.29, 1.82) is 0 Å². The van der Waals surface area contributed by atoms with Gasteiger partial charge in [0.2, 0.25) is 0 Å². The van der Waals surface area contributed by atoms with Crippen LogP contribution >= 0.6 is 11.6 Å². The average Bonchev–Trinajstić information content (AvgIpc) is 2.35. The molecule has 1 aliphatic heterocycles. The molecule has 4 heteroatoms. The van der Waals surface area contributed by atoms with Crippen molar-refractivity contribution in [1.82, 2.24) is 4.90 Å². The van der Waals surface area contributed by atoms with Crippen molar-refractivity contribution in [3.05, 3.63) is 28.8 Å². The van der Waals surface area contributed by atoms with Gasteiger partial charge in [0.05, 0.1) is 23.8 Å². The van der Waals surface area contributed by atoms with E-state index in [1.165, 1.54) is 0 Å². The van der Waals surface area contributed by atoms with Gasteiger partial charge in [0.15, 0.2) is 0 Å². The lowest BCUT2D eigenvalue weighted by atomic mass is 10.2. The van der Waals surface area contributed by atoms with Crippen molar-refractivity contribution < 1.29 is 9.47 Å². The van der Waals surface area contributed by atoms with Crippen LogP contribution in [0.3, 0.4) is 0 Å². The topological polar surface area (TPSA) is 21.7 Å². The number of rotatable bonds is 5. The van der Waals surface area contributed by atoms with E-state index in [4.69, 9.17) is 21.1 Å². The molecular formula is C16H24ClNO2. The molecule has 0 amide bonds. The van der Waals surface area contributed by atoms with Crippen LogP contribution in [0.2, 0.25) is 5.02 Å². The summed E-state index contributed by atoms with van der Waals surface area (Å²) in [4.78, 5) is 2.44. The van der Waals surface area contributed by atoms with E-state index >= 15 is 0 Å². The Kier molecular flexibility index (Phi) is 5.70. The van der Waals surface area contributed by atoms with E-state index in [9.17, 15) is 0 Å². The van der Waals surface area contributed by atoms with E-state index in [1.807, 2.05) is 25.1 Å². The maximum Gasteiger partial charge on any atom is 0.137 e.